The summed E-state index contributed by atoms with van der Waals surface area (Å²) in [6, 6.07) is 4.09. The van der Waals surface area contributed by atoms with Gasteiger partial charge in [0.1, 0.15) is 0 Å². The summed E-state index contributed by atoms with van der Waals surface area (Å²) in [7, 11) is 0. The smallest absolute Gasteiger partial charge is 0.159 e. The Hall–Kier alpha value is -1.37. The van der Waals surface area contributed by atoms with Gasteiger partial charge >= 0.3 is 0 Å². The Kier molecular flexibility index (Phi) is 3.23. The van der Waals surface area contributed by atoms with Crippen molar-refractivity contribution >= 4 is 5.78 Å². The van der Waals surface area contributed by atoms with Crippen molar-refractivity contribution in [2.45, 2.75) is 27.2 Å². The van der Waals surface area contributed by atoms with Gasteiger partial charge in [-0.2, -0.15) is 0 Å². The van der Waals surface area contributed by atoms with Crippen LogP contribution < -0.4 is 0 Å². The van der Waals surface area contributed by atoms with Crippen molar-refractivity contribution in [1.82, 2.24) is 0 Å². The van der Waals surface area contributed by atoms with Crippen molar-refractivity contribution in [3.05, 3.63) is 47.0 Å². The zero-order valence-electron chi connectivity index (χ0n) is 9.05. The van der Waals surface area contributed by atoms with Gasteiger partial charge in [-0.3, -0.25) is 4.79 Å². The fourth-order valence-corrected chi connectivity index (χ4v) is 1.46. The predicted molar refractivity (Wildman–Crippen MR) is 59.6 cm³/mol. The number of allylic oxidation sites excluding steroid dienone is 1. The molecule has 1 aromatic carbocycles. The number of carbonyl (C=O) groups excluding carboxylic acids is 1. The zero-order valence-corrected chi connectivity index (χ0v) is 9.05. The lowest BCUT2D eigenvalue weighted by molar-refractivity contribution is -0.114. The lowest BCUT2D eigenvalue weighted by atomic mass is 9.96. The van der Waals surface area contributed by atoms with E-state index in [0.29, 0.717) is 6.42 Å². The molecule has 0 saturated carbocycles. The Morgan fingerprint density at radius 2 is 1.93 bits per heavy atom. The molecule has 0 spiro atoms. The number of rotatable bonds is 3. The highest BCUT2D eigenvalue weighted by atomic mass is 16.1. The van der Waals surface area contributed by atoms with Gasteiger partial charge in [0.25, 0.3) is 0 Å². The number of carbonyl (C=O) groups is 1. The third kappa shape index (κ3) is 2.11. The van der Waals surface area contributed by atoms with Crippen LogP contribution in [-0.4, -0.2) is 5.78 Å². The van der Waals surface area contributed by atoms with Crippen molar-refractivity contribution in [2.24, 2.45) is 0 Å². The second kappa shape index (κ2) is 4.23. The molecule has 1 aromatic rings. The molecule has 0 saturated heterocycles. The van der Waals surface area contributed by atoms with E-state index in [9.17, 15) is 4.79 Å². The maximum Gasteiger partial charge on any atom is 0.159 e. The molecule has 14 heavy (non-hydrogen) atoms. The molecule has 1 rings (SSSR count). The molecule has 0 N–H and O–H groups in total. The second-order valence-corrected chi connectivity index (χ2v) is 3.64. The number of benzene rings is 1. The summed E-state index contributed by atoms with van der Waals surface area (Å²) in [5.74, 6) is 0.0800. The molecule has 1 nitrogen and oxygen atoms in total. The molecule has 0 radical (unpaired) electrons. The van der Waals surface area contributed by atoms with Gasteiger partial charge in [0, 0.05) is 6.42 Å². The molecule has 0 aliphatic rings. The zero-order chi connectivity index (χ0) is 10.7. The molecule has 0 bridgehead atoms. The summed E-state index contributed by atoms with van der Waals surface area (Å²) in [4.78, 5) is 11.2. The Bertz CT molecular complexity index is 375. The van der Waals surface area contributed by atoms with E-state index < -0.39 is 0 Å². The van der Waals surface area contributed by atoms with Gasteiger partial charge < -0.3 is 0 Å². The monoisotopic (exact) mass is 188 g/mol. The highest BCUT2D eigenvalue weighted by Gasteiger charge is 2.05. The molecule has 74 valence electrons. The van der Waals surface area contributed by atoms with Gasteiger partial charge in [-0.15, -0.1) is 0 Å². The first kappa shape index (κ1) is 10.7. The van der Waals surface area contributed by atoms with Gasteiger partial charge in [-0.1, -0.05) is 18.7 Å². The molecule has 0 amide bonds. The van der Waals surface area contributed by atoms with Crippen LogP contribution >= 0.6 is 0 Å². The third-order valence-corrected chi connectivity index (χ3v) is 2.76. The fraction of sp³-hybridized carbons (Fsp3) is 0.308. The molecular formula is C13H16O. The minimum Gasteiger partial charge on any atom is -0.295 e. The minimum atomic E-state index is 0.0800. The molecular weight excluding hydrogens is 172 g/mol. The maximum absolute atomic E-state index is 11.2. The highest BCUT2D eigenvalue weighted by Crippen LogP contribution is 2.17. The summed E-state index contributed by atoms with van der Waals surface area (Å²) < 4.78 is 0. The quantitative estimate of drug-likeness (QED) is 0.666. The first-order valence-electron chi connectivity index (χ1n) is 4.77. The Balaban J connectivity index is 3.05. The van der Waals surface area contributed by atoms with Gasteiger partial charge in [-0.05, 0) is 49.1 Å². The Labute approximate surface area is 85.5 Å². The number of hydrogen-bond donors (Lipinski definition) is 0. The summed E-state index contributed by atoms with van der Waals surface area (Å²) in [5, 5.41) is 0. The third-order valence-electron chi connectivity index (χ3n) is 2.76. The summed E-state index contributed by atoms with van der Waals surface area (Å²) >= 11 is 0. The van der Waals surface area contributed by atoms with Crippen molar-refractivity contribution < 1.29 is 4.79 Å². The summed E-state index contributed by atoms with van der Waals surface area (Å²) in [5.41, 5.74) is 4.88. The Morgan fingerprint density at radius 1 is 1.29 bits per heavy atom. The van der Waals surface area contributed by atoms with Gasteiger partial charge in [-0.25, -0.2) is 0 Å². The van der Waals surface area contributed by atoms with Gasteiger partial charge in [0.2, 0.25) is 0 Å². The molecule has 0 aromatic heterocycles. The first-order valence-corrected chi connectivity index (χ1v) is 4.77. The number of hydrogen-bond acceptors (Lipinski definition) is 1. The summed E-state index contributed by atoms with van der Waals surface area (Å²) in [6.45, 7) is 9.71. The average Bonchev–Trinajstić information content (AvgIpc) is 2.19. The van der Waals surface area contributed by atoms with E-state index in [1.807, 2.05) is 6.07 Å². The number of ketones is 1. The van der Waals surface area contributed by atoms with Crippen LogP contribution in [0.3, 0.4) is 0 Å². The predicted octanol–water partition coefficient (Wildman–Crippen LogP) is 2.91. The van der Waals surface area contributed by atoms with Crippen LogP contribution in [0.15, 0.2) is 24.8 Å². The van der Waals surface area contributed by atoms with Gasteiger partial charge in [0.15, 0.2) is 5.78 Å². The van der Waals surface area contributed by atoms with Crippen molar-refractivity contribution in [1.29, 1.82) is 0 Å². The van der Waals surface area contributed by atoms with Crippen LogP contribution in [0.25, 0.3) is 0 Å². The van der Waals surface area contributed by atoms with Crippen molar-refractivity contribution in [2.75, 3.05) is 0 Å². The largest absolute Gasteiger partial charge is 0.295 e. The van der Waals surface area contributed by atoms with Crippen LogP contribution in [0.4, 0.5) is 0 Å². The maximum atomic E-state index is 11.2. The van der Waals surface area contributed by atoms with Crippen LogP contribution in [0.5, 0.6) is 0 Å². The topological polar surface area (TPSA) is 17.1 Å². The van der Waals surface area contributed by atoms with E-state index in [2.05, 4.69) is 33.4 Å². The fourth-order valence-electron chi connectivity index (χ4n) is 1.46. The van der Waals surface area contributed by atoms with E-state index in [1.54, 1.807) is 0 Å². The molecule has 0 unspecified atom stereocenters. The standard InChI is InChI=1S/C13H16O/c1-5-13(14)8-12-7-6-9(2)10(3)11(12)4/h5-7H,1,8H2,2-4H3. The van der Waals surface area contributed by atoms with E-state index in [4.69, 9.17) is 0 Å². The highest BCUT2D eigenvalue weighted by molar-refractivity contribution is 5.91. The van der Waals surface area contributed by atoms with E-state index in [-0.39, 0.29) is 5.78 Å². The Morgan fingerprint density at radius 3 is 2.50 bits per heavy atom. The van der Waals surface area contributed by atoms with E-state index >= 15 is 0 Å². The lowest BCUT2D eigenvalue weighted by Crippen LogP contribution is -2.02. The van der Waals surface area contributed by atoms with Gasteiger partial charge in [0.05, 0.1) is 0 Å². The molecule has 0 heterocycles. The van der Waals surface area contributed by atoms with Crippen LogP contribution in [0.2, 0.25) is 0 Å². The molecule has 0 aliphatic carbocycles. The van der Waals surface area contributed by atoms with Crippen LogP contribution in [0, 0.1) is 20.8 Å². The number of aryl methyl sites for hydroxylation is 1. The SMILES string of the molecule is C=CC(=O)Cc1ccc(C)c(C)c1C. The first-order chi connectivity index (χ1) is 6.56. The lowest BCUT2D eigenvalue weighted by Gasteiger charge is -2.09. The second-order valence-electron chi connectivity index (χ2n) is 3.64. The molecule has 1 heteroatoms. The summed E-state index contributed by atoms with van der Waals surface area (Å²) in [6.07, 6.45) is 1.85. The normalized spacial score (nSPS) is 9.93. The molecule has 0 fully saturated rings. The molecule has 0 aliphatic heterocycles. The van der Waals surface area contributed by atoms with Crippen molar-refractivity contribution in [3.63, 3.8) is 0 Å². The van der Waals surface area contributed by atoms with Crippen molar-refractivity contribution in [3.8, 4) is 0 Å². The molecule has 0 atom stereocenters. The average molecular weight is 188 g/mol. The van der Waals surface area contributed by atoms with Crippen LogP contribution in [0.1, 0.15) is 22.3 Å². The van der Waals surface area contributed by atoms with Crippen LogP contribution in [-0.2, 0) is 11.2 Å². The minimum absolute atomic E-state index is 0.0800. The van der Waals surface area contributed by atoms with E-state index in [1.165, 1.54) is 22.8 Å². The van der Waals surface area contributed by atoms with E-state index in [0.717, 1.165) is 5.56 Å².